The minimum absolute atomic E-state index is 0.0653. The van der Waals surface area contributed by atoms with Crippen LogP contribution >= 0.6 is 0 Å². The van der Waals surface area contributed by atoms with Gasteiger partial charge in [-0.15, -0.1) is 0 Å². The van der Waals surface area contributed by atoms with E-state index in [0.29, 0.717) is 31.3 Å². The van der Waals surface area contributed by atoms with Crippen molar-refractivity contribution in [3.8, 4) is 0 Å². The van der Waals surface area contributed by atoms with Crippen LogP contribution in [0.15, 0.2) is 0 Å². The predicted octanol–water partition coefficient (Wildman–Crippen LogP) is 2.10. The van der Waals surface area contributed by atoms with E-state index < -0.39 is 11.9 Å². The number of urea groups is 1. The van der Waals surface area contributed by atoms with E-state index in [1.54, 1.807) is 4.90 Å². The molecule has 0 radical (unpaired) electrons. The summed E-state index contributed by atoms with van der Waals surface area (Å²) in [5, 5.41) is 12.3. The zero-order valence-electron chi connectivity index (χ0n) is 15.5. The second-order valence-electron chi connectivity index (χ2n) is 8.30. The molecule has 5 atom stereocenters. The van der Waals surface area contributed by atoms with Gasteiger partial charge in [0.25, 0.3) is 0 Å². The third kappa shape index (κ3) is 5.36. The Balaban J connectivity index is 1.83. The number of hydrogen-bond acceptors (Lipinski definition) is 3. The van der Waals surface area contributed by atoms with E-state index in [-0.39, 0.29) is 18.0 Å². The van der Waals surface area contributed by atoms with Crippen LogP contribution in [0, 0.1) is 23.7 Å². The number of carboxylic acids is 1. The largest absolute Gasteiger partial charge is 0.481 e. The summed E-state index contributed by atoms with van der Waals surface area (Å²) >= 11 is 0. The van der Waals surface area contributed by atoms with Gasteiger partial charge in [0.2, 0.25) is 0 Å². The van der Waals surface area contributed by atoms with Gasteiger partial charge in [-0.2, -0.15) is 0 Å². The van der Waals surface area contributed by atoms with Crippen LogP contribution in [-0.4, -0.2) is 65.7 Å². The van der Waals surface area contributed by atoms with Crippen molar-refractivity contribution in [2.45, 2.75) is 46.6 Å². The van der Waals surface area contributed by atoms with Crippen LogP contribution in [0.3, 0.4) is 0 Å². The summed E-state index contributed by atoms with van der Waals surface area (Å²) in [6.45, 7) is 12.6. The summed E-state index contributed by atoms with van der Waals surface area (Å²) in [4.78, 5) is 27.9. The van der Waals surface area contributed by atoms with Crippen LogP contribution in [0.25, 0.3) is 0 Å². The molecule has 0 aromatic heterocycles. The Kier molecular flexibility index (Phi) is 6.49. The van der Waals surface area contributed by atoms with Gasteiger partial charge in [-0.1, -0.05) is 20.8 Å². The Morgan fingerprint density at radius 1 is 1.04 bits per heavy atom. The number of nitrogens with zero attached hydrogens (tertiary/aromatic N) is 2. The number of aliphatic carboxylic acids is 1. The third-order valence-electron chi connectivity index (χ3n) is 5.14. The Bertz CT molecular complexity index is 447. The van der Waals surface area contributed by atoms with Crippen LogP contribution in [0.2, 0.25) is 0 Å². The van der Waals surface area contributed by atoms with Gasteiger partial charge in [0.1, 0.15) is 0 Å². The van der Waals surface area contributed by atoms with Crippen LogP contribution in [0.4, 0.5) is 4.79 Å². The lowest BCUT2D eigenvalue weighted by Gasteiger charge is -2.38. The molecular formula is C18H33N3O3. The lowest BCUT2D eigenvalue weighted by atomic mass is 9.91. The second kappa shape index (κ2) is 8.19. The number of carbonyl (C=O) groups excluding carboxylic acids is 1. The SMILES string of the molecule is CC1CC(C)CN(CC(C)NC(=O)N2CC(C)CC(C(=O)O)C2)C1. The molecule has 0 saturated carbocycles. The highest BCUT2D eigenvalue weighted by Crippen LogP contribution is 2.22. The summed E-state index contributed by atoms with van der Waals surface area (Å²) in [5.74, 6) is 0.388. The highest BCUT2D eigenvalue weighted by Gasteiger charge is 2.32. The van der Waals surface area contributed by atoms with Gasteiger partial charge < -0.3 is 20.2 Å². The van der Waals surface area contributed by atoms with Crippen LogP contribution < -0.4 is 5.32 Å². The molecule has 2 amide bonds. The van der Waals surface area contributed by atoms with Gasteiger partial charge in [-0.25, -0.2) is 4.79 Å². The number of piperidine rings is 2. The first-order valence-electron chi connectivity index (χ1n) is 9.25. The fourth-order valence-electron chi connectivity index (χ4n) is 4.37. The second-order valence-corrected chi connectivity index (χ2v) is 8.30. The highest BCUT2D eigenvalue weighted by molar-refractivity contribution is 5.76. The summed E-state index contributed by atoms with van der Waals surface area (Å²) in [7, 11) is 0. The van der Waals surface area contributed by atoms with Gasteiger partial charge in [0, 0.05) is 38.8 Å². The molecule has 138 valence electrons. The molecule has 2 saturated heterocycles. The molecule has 2 aliphatic heterocycles. The third-order valence-corrected chi connectivity index (χ3v) is 5.14. The number of rotatable bonds is 4. The van der Waals surface area contributed by atoms with Gasteiger partial charge >= 0.3 is 12.0 Å². The van der Waals surface area contributed by atoms with E-state index in [9.17, 15) is 14.7 Å². The maximum Gasteiger partial charge on any atom is 0.317 e. The minimum Gasteiger partial charge on any atom is -0.481 e. The number of hydrogen-bond donors (Lipinski definition) is 2. The lowest BCUT2D eigenvalue weighted by Crippen LogP contribution is -2.53. The summed E-state index contributed by atoms with van der Waals surface area (Å²) in [6.07, 6.45) is 1.93. The average molecular weight is 339 g/mol. The Hall–Kier alpha value is -1.30. The molecule has 0 spiro atoms. The molecule has 6 heteroatoms. The quantitative estimate of drug-likeness (QED) is 0.823. The molecule has 2 rings (SSSR count). The Morgan fingerprint density at radius 2 is 1.62 bits per heavy atom. The van der Waals surface area contributed by atoms with Crippen molar-refractivity contribution < 1.29 is 14.7 Å². The van der Waals surface area contributed by atoms with E-state index in [1.165, 1.54) is 6.42 Å². The van der Waals surface area contributed by atoms with Gasteiger partial charge in [-0.05, 0) is 37.5 Å². The monoisotopic (exact) mass is 339 g/mol. The molecule has 2 aliphatic rings. The summed E-state index contributed by atoms with van der Waals surface area (Å²) in [6, 6.07) is -0.0612. The first kappa shape index (κ1) is 19.0. The van der Waals surface area contributed by atoms with Crippen molar-refractivity contribution in [1.29, 1.82) is 0 Å². The van der Waals surface area contributed by atoms with Crippen molar-refractivity contribution in [1.82, 2.24) is 15.1 Å². The number of amides is 2. The molecule has 2 heterocycles. The zero-order chi connectivity index (χ0) is 17.9. The minimum atomic E-state index is -0.802. The van der Waals surface area contributed by atoms with Gasteiger partial charge in [0.15, 0.2) is 0 Å². The van der Waals surface area contributed by atoms with Crippen molar-refractivity contribution in [2.24, 2.45) is 23.7 Å². The molecule has 24 heavy (non-hydrogen) atoms. The number of carbonyl (C=O) groups is 2. The maximum absolute atomic E-state index is 12.5. The first-order valence-corrected chi connectivity index (χ1v) is 9.25. The highest BCUT2D eigenvalue weighted by atomic mass is 16.4. The topological polar surface area (TPSA) is 72.9 Å². The summed E-state index contributed by atoms with van der Waals surface area (Å²) < 4.78 is 0. The standard InChI is InChI=1S/C18H33N3O3/c1-12-5-13(2)8-20(7-12)10-15(4)19-18(24)21-9-14(3)6-16(11-21)17(22)23/h12-16H,5-11H2,1-4H3,(H,19,24)(H,22,23). The number of nitrogens with one attached hydrogen (secondary N) is 1. The van der Waals surface area contributed by atoms with Gasteiger partial charge in [-0.3, -0.25) is 4.79 Å². The predicted molar refractivity (Wildman–Crippen MR) is 93.9 cm³/mol. The van der Waals surface area contributed by atoms with Crippen LogP contribution in [-0.2, 0) is 4.79 Å². The van der Waals surface area contributed by atoms with E-state index in [1.807, 2.05) is 13.8 Å². The van der Waals surface area contributed by atoms with E-state index >= 15 is 0 Å². The smallest absolute Gasteiger partial charge is 0.317 e. The molecule has 0 aliphatic carbocycles. The zero-order valence-corrected chi connectivity index (χ0v) is 15.5. The van der Waals surface area contributed by atoms with E-state index in [0.717, 1.165) is 19.6 Å². The van der Waals surface area contributed by atoms with Crippen LogP contribution in [0.5, 0.6) is 0 Å². The maximum atomic E-state index is 12.5. The van der Waals surface area contributed by atoms with Crippen molar-refractivity contribution in [3.05, 3.63) is 0 Å². The normalized spacial score (nSPS) is 33.1. The Labute approximate surface area is 145 Å². The van der Waals surface area contributed by atoms with E-state index in [2.05, 4.69) is 24.1 Å². The molecule has 0 aromatic carbocycles. The molecule has 0 bridgehead atoms. The molecule has 0 aromatic rings. The molecule has 2 N–H and O–H groups in total. The van der Waals surface area contributed by atoms with Crippen molar-refractivity contribution in [3.63, 3.8) is 0 Å². The lowest BCUT2D eigenvalue weighted by molar-refractivity contribution is -0.143. The number of carboxylic acid groups (broad SMARTS) is 1. The molecule has 2 fully saturated rings. The van der Waals surface area contributed by atoms with E-state index in [4.69, 9.17) is 0 Å². The molecular weight excluding hydrogens is 306 g/mol. The van der Waals surface area contributed by atoms with Crippen molar-refractivity contribution >= 4 is 12.0 Å². The van der Waals surface area contributed by atoms with Crippen LogP contribution in [0.1, 0.15) is 40.5 Å². The fourth-order valence-corrected chi connectivity index (χ4v) is 4.37. The fraction of sp³-hybridized carbons (Fsp3) is 0.889. The number of likely N-dealkylation sites (tertiary alicyclic amines) is 2. The molecule has 5 unspecified atom stereocenters. The van der Waals surface area contributed by atoms with Gasteiger partial charge in [0.05, 0.1) is 5.92 Å². The first-order chi connectivity index (χ1) is 11.2. The molecule has 6 nitrogen and oxygen atoms in total. The Morgan fingerprint density at radius 3 is 2.21 bits per heavy atom. The van der Waals surface area contributed by atoms with Crippen molar-refractivity contribution in [2.75, 3.05) is 32.7 Å². The summed E-state index contributed by atoms with van der Waals surface area (Å²) in [5.41, 5.74) is 0. The average Bonchev–Trinajstić information content (AvgIpc) is 2.45.